The molecule has 0 atom stereocenters. The number of rotatable bonds is 4. The molecule has 0 spiro atoms. The fraction of sp³-hybridized carbons (Fsp3) is 0.0714. The minimum atomic E-state index is -0.610. The van der Waals surface area contributed by atoms with Crippen molar-refractivity contribution in [3.8, 4) is 5.75 Å². The van der Waals surface area contributed by atoms with Gasteiger partial charge in [0.05, 0.1) is 0 Å². The summed E-state index contributed by atoms with van der Waals surface area (Å²) in [4.78, 5) is 10.7. The standard InChI is InChI=1S/C14H12Cl2N2O2/c15-12-2-1-3-13(16)11(12)8-20-10-6-4-9(5-7-10)18-14(17)19/h1-7H,8H2,(H3,17,18,19). The van der Waals surface area contributed by atoms with Crippen molar-refractivity contribution >= 4 is 34.9 Å². The molecular weight excluding hydrogens is 299 g/mol. The summed E-state index contributed by atoms with van der Waals surface area (Å²) < 4.78 is 5.60. The van der Waals surface area contributed by atoms with Crippen LogP contribution in [0.25, 0.3) is 0 Å². The maximum absolute atomic E-state index is 10.7. The van der Waals surface area contributed by atoms with Crippen molar-refractivity contribution in [1.82, 2.24) is 0 Å². The topological polar surface area (TPSA) is 64.4 Å². The zero-order valence-corrected chi connectivity index (χ0v) is 11.9. The van der Waals surface area contributed by atoms with E-state index in [0.29, 0.717) is 21.5 Å². The average molecular weight is 311 g/mol. The van der Waals surface area contributed by atoms with Crippen molar-refractivity contribution in [3.05, 3.63) is 58.1 Å². The number of anilines is 1. The number of primary amides is 1. The fourth-order valence-corrected chi connectivity index (χ4v) is 2.11. The number of nitrogens with one attached hydrogen (secondary N) is 1. The van der Waals surface area contributed by atoms with Crippen LogP contribution in [-0.4, -0.2) is 6.03 Å². The van der Waals surface area contributed by atoms with Crippen LogP contribution in [0.1, 0.15) is 5.56 Å². The maximum atomic E-state index is 10.7. The molecule has 0 fully saturated rings. The molecule has 0 aliphatic rings. The van der Waals surface area contributed by atoms with Crippen LogP contribution < -0.4 is 15.8 Å². The van der Waals surface area contributed by atoms with Crippen molar-refractivity contribution < 1.29 is 9.53 Å². The van der Waals surface area contributed by atoms with E-state index in [2.05, 4.69) is 5.32 Å². The van der Waals surface area contributed by atoms with E-state index in [9.17, 15) is 4.79 Å². The Hall–Kier alpha value is -1.91. The number of halogens is 2. The highest BCUT2D eigenvalue weighted by atomic mass is 35.5. The van der Waals surface area contributed by atoms with Crippen LogP contribution in [0.3, 0.4) is 0 Å². The second-order valence-electron chi connectivity index (χ2n) is 4.00. The van der Waals surface area contributed by atoms with Gasteiger partial charge in [-0.3, -0.25) is 0 Å². The first-order valence-electron chi connectivity index (χ1n) is 5.78. The lowest BCUT2D eigenvalue weighted by molar-refractivity contribution is 0.259. The van der Waals surface area contributed by atoms with Crippen LogP contribution in [0.4, 0.5) is 10.5 Å². The van der Waals surface area contributed by atoms with Gasteiger partial charge in [-0.1, -0.05) is 29.3 Å². The molecule has 6 heteroatoms. The van der Waals surface area contributed by atoms with E-state index in [1.54, 1.807) is 42.5 Å². The molecule has 0 aliphatic heterocycles. The van der Waals surface area contributed by atoms with Gasteiger partial charge < -0.3 is 15.8 Å². The van der Waals surface area contributed by atoms with Crippen LogP contribution in [-0.2, 0) is 6.61 Å². The van der Waals surface area contributed by atoms with Gasteiger partial charge in [-0.25, -0.2) is 4.79 Å². The number of amides is 2. The summed E-state index contributed by atoms with van der Waals surface area (Å²) in [6.07, 6.45) is 0. The molecular formula is C14H12Cl2N2O2. The van der Waals surface area contributed by atoms with E-state index in [1.807, 2.05) is 0 Å². The first kappa shape index (κ1) is 14.5. The summed E-state index contributed by atoms with van der Waals surface area (Å²) in [6, 6.07) is 11.5. The molecule has 0 radical (unpaired) electrons. The van der Waals surface area contributed by atoms with Crippen LogP contribution in [0.5, 0.6) is 5.75 Å². The van der Waals surface area contributed by atoms with Gasteiger partial charge in [0.15, 0.2) is 0 Å². The van der Waals surface area contributed by atoms with Crippen molar-refractivity contribution in [3.63, 3.8) is 0 Å². The summed E-state index contributed by atoms with van der Waals surface area (Å²) in [5.41, 5.74) is 6.35. The highest BCUT2D eigenvalue weighted by Crippen LogP contribution is 2.26. The van der Waals surface area contributed by atoms with Gasteiger partial charge >= 0.3 is 6.03 Å². The first-order chi connectivity index (χ1) is 9.56. The van der Waals surface area contributed by atoms with Gasteiger partial charge in [0.2, 0.25) is 0 Å². The van der Waals surface area contributed by atoms with Crippen LogP contribution >= 0.6 is 23.2 Å². The molecule has 20 heavy (non-hydrogen) atoms. The lowest BCUT2D eigenvalue weighted by atomic mass is 10.2. The van der Waals surface area contributed by atoms with Crippen LogP contribution in [0, 0.1) is 0 Å². The number of nitrogens with two attached hydrogens (primary N) is 1. The van der Waals surface area contributed by atoms with Gasteiger partial charge in [-0.05, 0) is 36.4 Å². The Morgan fingerprint density at radius 3 is 2.25 bits per heavy atom. The Labute approximate surface area is 126 Å². The number of carbonyl (C=O) groups is 1. The summed E-state index contributed by atoms with van der Waals surface area (Å²) >= 11 is 12.1. The predicted octanol–water partition coefficient (Wildman–Crippen LogP) is 4.06. The molecule has 4 nitrogen and oxygen atoms in total. The van der Waals surface area contributed by atoms with Gasteiger partial charge in [-0.2, -0.15) is 0 Å². The van der Waals surface area contributed by atoms with Crippen molar-refractivity contribution in [2.75, 3.05) is 5.32 Å². The molecule has 2 rings (SSSR count). The third kappa shape index (κ3) is 3.79. The van der Waals surface area contributed by atoms with Crippen LogP contribution in [0.15, 0.2) is 42.5 Å². The number of urea groups is 1. The first-order valence-corrected chi connectivity index (χ1v) is 6.54. The van der Waals surface area contributed by atoms with Gasteiger partial charge in [-0.15, -0.1) is 0 Å². The molecule has 104 valence electrons. The normalized spacial score (nSPS) is 10.1. The second kappa shape index (κ2) is 6.50. The van der Waals surface area contributed by atoms with E-state index >= 15 is 0 Å². The number of hydrogen-bond donors (Lipinski definition) is 2. The quantitative estimate of drug-likeness (QED) is 0.894. The lowest BCUT2D eigenvalue weighted by Gasteiger charge is -2.10. The maximum Gasteiger partial charge on any atom is 0.316 e. The molecule has 0 aliphatic carbocycles. The van der Waals surface area contributed by atoms with E-state index in [1.165, 1.54) is 0 Å². The summed E-state index contributed by atoms with van der Waals surface area (Å²) in [7, 11) is 0. The van der Waals surface area contributed by atoms with E-state index in [0.717, 1.165) is 5.56 Å². The third-order valence-electron chi connectivity index (χ3n) is 2.57. The highest BCUT2D eigenvalue weighted by molar-refractivity contribution is 6.35. The lowest BCUT2D eigenvalue weighted by Crippen LogP contribution is -2.19. The summed E-state index contributed by atoms with van der Waals surface area (Å²) in [6.45, 7) is 0.265. The highest BCUT2D eigenvalue weighted by Gasteiger charge is 2.06. The van der Waals surface area contributed by atoms with E-state index < -0.39 is 6.03 Å². The molecule has 0 saturated heterocycles. The molecule has 0 heterocycles. The second-order valence-corrected chi connectivity index (χ2v) is 4.82. The summed E-state index contributed by atoms with van der Waals surface area (Å²) in [5, 5.41) is 3.58. The molecule has 0 saturated carbocycles. The Balaban J connectivity index is 2.02. The van der Waals surface area contributed by atoms with Gasteiger partial charge in [0.25, 0.3) is 0 Å². The molecule has 0 aromatic heterocycles. The smallest absolute Gasteiger partial charge is 0.316 e. The van der Waals surface area contributed by atoms with E-state index in [-0.39, 0.29) is 6.61 Å². The zero-order chi connectivity index (χ0) is 14.5. The Morgan fingerprint density at radius 2 is 1.70 bits per heavy atom. The predicted molar refractivity (Wildman–Crippen MR) is 80.4 cm³/mol. The van der Waals surface area contributed by atoms with Crippen molar-refractivity contribution in [2.45, 2.75) is 6.61 Å². The monoisotopic (exact) mass is 310 g/mol. The molecule has 0 bridgehead atoms. The Kier molecular flexibility index (Phi) is 4.71. The molecule has 2 aromatic carbocycles. The van der Waals surface area contributed by atoms with Gasteiger partial charge in [0.1, 0.15) is 12.4 Å². The molecule has 0 unspecified atom stereocenters. The zero-order valence-electron chi connectivity index (χ0n) is 10.4. The molecule has 2 amide bonds. The van der Waals surface area contributed by atoms with Crippen molar-refractivity contribution in [2.24, 2.45) is 5.73 Å². The minimum absolute atomic E-state index is 0.265. The number of hydrogen-bond acceptors (Lipinski definition) is 2. The SMILES string of the molecule is NC(=O)Nc1ccc(OCc2c(Cl)cccc2Cl)cc1. The van der Waals surface area contributed by atoms with Crippen LogP contribution in [0.2, 0.25) is 10.0 Å². The number of carbonyl (C=O) groups excluding carboxylic acids is 1. The third-order valence-corrected chi connectivity index (χ3v) is 3.27. The average Bonchev–Trinajstić information content (AvgIpc) is 2.39. The number of benzene rings is 2. The van der Waals surface area contributed by atoms with E-state index in [4.69, 9.17) is 33.7 Å². The molecule has 3 N–H and O–H groups in total. The Bertz CT molecular complexity index is 595. The molecule has 2 aromatic rings. The fourth-order valence-electron chi connectivity index (χ4n) is 1.60. The van der Waals surface area contributed by atoms with Gasteiger partial charge in [0, 0.05) is 21.3 Å². The largest absolute Gasteiger partial charge is 0.489 e. The van der Waals surface area contributed by atoms with Crippen molar-refractivity contribution in [1.29, 1.82) is 0 Å². The number of ether oxygens (including phenoxy) is 1. The minimum Gasteiger partial charge on any atom is -0.489 e. The Morgan fingerprint density at radius 1 is 1.10 bits per heavy atom. The summed E-state index contributed by atoms with van der Waals surface area (Å²) in [5.74, 6) is 0.635.